The Kier molecular flexibility index (Phi) is 1.50. The third kappa shape index (κ3) is 0.885. The maximum absolute atomic E-state index is 5.68. The van der Waals surface area contributed by atoms with Crippen molar-refractivity contribution in [1.82, 2.24) is 5.32 Å². The van der Waals surface area contributed by atoms with Crippen molar-refractivity contribution in [2.45, 2.75) is 31.3 Å². The predicted molar refractivity (Wildman–Crippen MR) is 41.3 cm³/mol. The summed E-state index contributed by atoms with van der Waals surface area (Å²) < 4.78 is 5.68. The van der Waals surface area contributed by atoms with E-state index in [1.54, 1.807) is 0 Å². The minimum Gasteiger partial charge on any atom is -0.378 e. The van der Waals surface area contributed by atoms with Crippen LogP contribution in [0.4, 0.5) is 0 Å². The number of fused-ring (bicyclic) bond motifs is 2. The van der Waals surface area contributed by atoms with Crippen molar-refractivity contribution in [3.63, 3.8) is 0 Å². The van der Waals surface area contributed by atoms with Crippen LogP contribution in [0.1, 0.15) is 13.3 Å². The van der Waals surface area contributed by atoms with E-state index in [1.807, 2.05) is 0 Å². The number of ether oxygens (including phenoxy) is 1. The summed E-state index contributed by atoms with van der Waals surface area (Å²) in [5.41, 5.74) is 0.137. The molecule has 2 nitrogen and oxygen atoms in total. The van der Waals surface area contributed by atoms with Gasteiger partial charge in [0.2, 0.25) is 0 Å². The number of nitrogens with one attached hydrogen (secondary N) is 1. The normalized spacial score (nSPS) is 44.3. The van der Waals surface area contributed by atoms with Crippen LogP contribution < -0.4 is 5.32 Å². The summed E-state index contributed by atoms with van der Waals surface area (Å²) in [4.78, 5) is 0. The largest absolute Gasteiger partial charge is 0.378 e. The van der Waals surface area contributed by atoms with Crippen molar-refractivity contribution in [3.05, 3.63) is 0 Å². The zero-order chi connectivity index (χ0) is 7.03. The molecular formula is C7H13BNO. The maximum Gasteiger partial charge on any atom is 0.155 e. The van der Waals surface area contributed by atoms with Gasteiger partial charge >= 0.3 is 0 Å². The number of rotatable bonds is 2. The van der Waals surface area contributed by atoms with Gasteiger partial charge < -0.3 is 10.1 Å². The van der Waals surface area contributed by atoms with Crippen LogP contribution in [0.2, 0.25) is 6.32 Å². The van der Waals surface area contributed by atoms with Crippen molar-refractivity contribution in [1.29, 1.82) is 0 Å². The summed E-state index contributed by atoms with van der Waals surface area (Å²) in [6.07, 6.45) is 2.87. The van der Waals surface area contributed by atoms with Gasteiger partial charge in [-0.25, -0.2) is 0 Å². The van der Waals surface area contributed by atoms with E-state index >= 15 is 0 Å². The summed E-state index contributed by atoms with van der Waals surface area (Å²) in [6, 6.07) is 0. The lowest BCUT2D eigenvalue weighted by atomic mass is 9.53. The van der Waals surface area contributed by atoms with Crippen LogP contribution >= 0.6 is 0 Å². The Morgan fingerprint density at radius 2 is 2.60 bits per heavy atom. The van der Waals surface area contributed by atoms with Crippen molar-refractivity contribution in [2.24, 2.45) is 0 Å². The van der Waals surface area contributed by atoms with Crippen molar-refractivity contribution in [3.8, 4) is 0 Å². The molecule has 2 atom stereocenters. The van der Waals surface area contributed by atoms with Crippen LogP contribution in [0.25, 0.3) is 0 Å². The molecule has 3 aliphatic heterocycles. The Hall–Kier alpha value is -0.0151. The molecule has 0 spiro atoms. The van der Waals surface area contributed by atoms with E-state index < -0.39 is 0 Å². The highest BCUT2D eigenvalue weighted by Gasteiger charge is 2.47. The van der Waals surface area contributed by atoms with E-state index in [0.717, 1.165) is 19.4 Å². The molecule has 0 amide bonds. The first-order chi connectivity index (χ1) is 4.85. The second-order valence-electron chi connectivity index (χ2n) is 3.25. The van der Waals surface area contributed by atoms with E-state index in [9.17, 15) is 0 Å². The van der Waals surface area contributed by atoms with E-state index in [4.69, 9.17) is 4.74 Å². The molecule has 3 heterocycles. The molecule has 3 heteroatoms. The third-order valence-electron chi connectivity index (χ3n) is 2.35. The van der Waals surface area contributed by atoms with Gasteiger partial charge in [-0.1, -0.05) is 13.2 Å². The molecule has 3 fully saturated rings. The lowest BCUT2D eigenvalue weighted by Crippen LogP contribution is -2.67. The molecule has 55 valence electrons. The van der Waals surface area contributed by atoms with Gasteiger partial charge in [0.05, 0.1) is 11.6 Å². The minimum absolute atomic E-state index is 0.137. The first kappa shape index (κ1) is 6.68. The second-order valence-corrected chi connectivity index (χ2v) is 3.25. The van der Waals surface area contributed by atoms with Crippen LogP contribution in [0.5, 0.6) is 0 Å². The average molecular weight is 138 g/mol. The van der Waals surface area contributed by atoms with E-state index in [0.29, 0.717) is 6.10 Å². The van der Waals surface area contributed by atoms with Gasteiger partial charge in [-0.3, -0.25) is 0 Å². The fourth-order valence-corrected chi connectivity index (χ4v) is 1.96. The topological polar surface area (TPSA) is 21.3 Å². The Bertz CT molecular complexity index is 122. The van der Waals surface area contributed by atoms with Gasteiger partial charge in [-0.15, -0.1) is 0 Å². The molecule has 3 rings (SSSR count). The standard InChI is InChI=1S/C7H13BNO/c1-2-8-7-3-6(10-7)4-9-5-7/h6,9H,2-5H2,1H3/t6?,7-/m1/s1. The number of hydrogen-bond donors (Lipinski definition) is 1. The lowest BCUT2D eigenvalue weighted by Gasteiger charge is -2.53. The van der Waals surface area contributed by atoms with E-state index in [-0.39, 0.29) is 5.50 Å². The molecule has 2 bridgehead atoms. The Labute approximate surface area is 62.6 Å². The Morgan fingerprint density at radius 1 is 1.80 bits per heavy atom. The van der Waals surface area contributed by atoms with Gasteiger partial charge in [-0.2, -0.15) is 0 Å². The van der Waals surface area contributed by atoms with Gasteiger partial charge in [-0.05, 0) is 6.42 Å². The van der Waals surface area contributed by atoms with Gasteiger partial charge in [0.25, 0.3) is 0 Å². The highest BCUT2D eigenvalue weighted by Crippen LogP contribution is 2.34. The molecule has 0 aromatic heterocycles. The Balaban J connectivity index is 1.92. The molecule has 0 aromatic carbocycles. The fraction of sp³-hybridized carbons (Fsp3) is 1.00. The summed E-state index contributed by atoms with van der Waals surface area (Å²) >= 11 is 0. The van der Waals surface area contributed by atoms with E-state index in [1.165, 1.54) is 6.42 Å². The molecule has 0 aromatic rings. The summed E-state index contributed by atoms with van der Waals surface area (Å²) in [5, 5.41) is 3.35. The Morgan fingerprint density at radius 3 is 3.10 bits per heavy atom. The molecule has 10 heavy (non-hydrogen) atoms. The highest BCUT2D eigenvalue weighted by atomic mass is 16.5. The quantitative estimate of drug-likeness (QED) is 0.551. The highest BCUT2D eigenvalue weighted by molar-refractivity contribution is 6.40. The first-order valence-corrected chi connectivity index (χ1v) is 4.07. The molecule has 1 unspecified atom stereocenters. The maximum atomic E-state index is 5.68. The van der Waals surface area contributed by atoms with Gasteiger partial charge in [0, 0.05) is 13.1 Å². The molecule has 0 aliphatic carbocycles. The second kappa shape index (κ2) is 2.24. The molecule has 3 saturated heterocycles. The summed E-state index contributed by atoms with van der Waals surface area (Å²) in [6.45, 7) is 4.25. The molecule has 0 saturated carbocycles. The number of morpholine rings is 1. The van der Waals surface area contributed by atoms with Crippen LogP contribution in [0.3, 0.4) is 0 Å². The molecule has 1 radical (unpaired) electrons. The zero-order valence-electron chi connectivity index (χ0n) is 6.39. The summed E-state index contributed by atoms with van der Waals surface area (Å²) in [5.74, 6) is 0. The first-order valence-electron chi connectivity index (χ1n) is 4.07. The van der Waals surface area contributed by atoms with Crippen molar-refractivity contribution in [2.75, 3.05) is 13.1 Å². The van der Waals surface area contributed by atoms with Gasteiger partial charge in [0.1, 0.15) is 0 Å². The molecule has 1 N–H and O–H groups in total. The zero-order valence-corrected chi connectivity index (χ0v) is 6.39. The van der Waals surface area contributed by atoms with Crippen molar-refractivity contribution < 1.29 is 4.74 Å². The minimum atomic E-state index is 0.137. The average Bonchev–Trinajstić information content (AvgIpc) is 1.87. The van der Waals surface area contributed by atoms with Crippen LogP contribution in [0.15, 0.2) is 0 Å². The van der Waals surface area contributed by atoms with E-state index in [2.05, 4.69) is 19.5 Å². The van der Waals surface area contributed by atoms with Crippen LogP contribution in [0, 0.1) is 0 Å². The lowest BCUT2D eigenvalue weighted by molar-refractivity contribution is -0.175. The molecule has 3 aliphatic rings. The number of piperidine rings is 1. The predicted octanol–water partition coefficient (Wildman–Crippen LogP) is 0.217. The fourth-order valence-electron chi connectivity index (χ4n) is 1.96. The third-order valence-corrected chi connectivity index (χ3v) is 2.35. The van der Waals surface area contributed by atoms with Crippen molar-refractivity contribution >= 4 is 7.28 Å². The summed E-state index contributed by atoms with van der Waals surface area (Å²) in [7, 11) is 2.29. The van der Waals surface area contributed by atoms with Crippen LogP contribution in [-0.4, -0.2) is 32.0 Å². The number of hydrogen-bond acceptors (Lipinski definition) is 2. The van der Waals surface area contributed by atoms with Crippen LogP contribution in [-0.2, 0) is 4.74 Å². The smallest absolute Gasteiger partial charge is 0.155 e. The monoisotopic (exact) mass is 138 g/mol. The SMILES string of the molecule is CC[B][C@]12CNCC(C1)O2. The molecular weight excluding hydrogens is 125 g/mol. The van der Waals surface area contributed by atoms with Gasteiger partial charge in [0.15, 0.2) is 7.28 Å².